The van der Waals surface area contributed by atoms with Crippen molar-refractivity contribution >= 4 is 45.4 Å². The Morgan fingerprint density at radius 3 is 2.58 bits per heavy atom. The smallest absolute Gasteiger partial charge is 0.259 e. The van der Waals surface area contributed by atoms with E-state index in [4.69, 9.17) is 0 Å². The molecule has 0 radical (unpaired) electrons. The molecule has 10 nitrogen and oxygen atoms in total. The quantitative estimate of drug-likeness (QED) is 0.348. The number of carbonyl (C=O) groups is 2. The topological polar surface area (TPSA) is 132 Å². The first-order chi connectivity index (χ1) is 17.5. The van der Waals surface area contributed by atoms with Gasteiger partial charge in [-0.05, 0) is 30.4 Å². The molecule has 2 heterocycles. The van der Waals surface area contributed by atoms with Crippen molar-refractivity contribution in [2.24, 2.45) is 5.10 Å². The maximum atomic E-state index is 12.4. The first-order valence-corrected chi connectivity index (χ1v) is 13.2. The van der Waals surface area contributed by atoms with Crippen LogP contribution in [0.2, 0.25) is 0 Å². The van der Waals surface area contributed by atoms with Crippen LogP contribution in [0.1, 0.15) is 47.4 Å². The Balaban J connectivity index is 1.09. The number of anilines is 1. The third kappa shape index (κ3) is 5.90. The third-order valence-electron chi connectivity index (χ3n) is 6.01. The van der Waals surface area contributed by atoms with Crippen molar-refractivity contribution in [3.05, 3.63) is 76.8 Å². The van der Waals surface area contributed by atoms with Crippen molar-refractivity contribution in [3.63, 3.8) is 0 Å². The molecule has 186 valence electrons. The Bertz CT molecular complexity index is 1240. The minimum Gasteiger partial charge on any atom is -0.378 e. The highest BCUT2D eigenvalue weighted by Gasteiger charge is 2.35. The summed E-state index contributed by atoms with van der Waals surface area (Å²) >= 11 is 2.71. The molecule has 5 rings (SSSR count). The summed E-state index contributed by atoms with van der Waals surface area (Å²) in [5, 5.41) is 30.2. The van der Waals surface area contributed by atoms with Crippen molar-refractivity contribution in [2.75, 3.05) is 5.32 Å². The number of carbonyl (C=O) groups excluding carboxylic acids is 2. The Kier molecular flexibility index (Phi) is 7.56. The van der Waals surface area contributed by atoms with Crippen LogP contribution < -0.4 is 16.2 Å². The summed E-state index contributed by atoms with van der Waals surface area (Å²) in [4.78, 5) is 24.7. The SMILES string of the molecule is O=C(Cc1ccccc1)NC1=NNN([C@H]2CC[C@H](c3nnc(NC(=O)C(O)c4ccccc4)s3)C2)S1. The van der Waals surface area contributed by atoms with Gasteiger partial charge in [-0.25, -0.2) is 5.53 Å². The minimum atomic E-state index is -1.27. The van der Waals surface area contributed by atoms with Crippen LogP contribution in [-0.2, 0) is 16.0 Å². The average molecular weight is 524 g/mol. The maximum absolute atomic E-state index is 12.4. The first-order valence-electron chi connectivity index (χ1n) is 11.6. The van der Waals surface area contributed by atoms with Crippen LogP contribution in [-0.4, -0.2) is 42.7 Å². The van der Waals surface area contributed by atoms with E-state index < -0.39 is 12.0 Å². The van der Waals surface area contributed by atoms with Gasteiger partial charge in [0, 0.05) is 23.9 Å². The van der Waals surface area contributed by atoms with Crippen LogP contribution in [0.3, 0.4) is 0 Å². The van der Waals surface area contributed by atoms with Crippen molar-refractivity contribution < 1.29 is 14.7 Å². The molecule has 0 bridgehead atoms. The molecule has 4 N–H and O–H groups in total. The number of hydrazone groups is 1. The molecular formula is C24H25N7O3S2. The normalized spacial score (nSPS) is 20.4. The van der Waals surface area contributed by atoms with Crippen molar-refractivity contribution in [1.82, 2.24) is 25.5 Å². The van der Waals surface area contributed by atoms with E-state index in [1.165, 1.54) is 23.3 Å². The van der Waals surface area contributed by atoms with E-state index in [1.54, 1.807) is 24.3 Å². The van der Waals surface area contributed by atoms with Crippen molar-refractivity contribution in [2.45, 2.75) is 43.7 Å². The zero-order valence-corrected chi connectivity index (χ0v) is 20.8. The molecule has 3 atom stereocenters. The van der Waals surface area contributed by atoms with Crippen LogP contribution in [0.25, 0.3) is 0 Å². The van der Waals surface area contributed by atoms with E-state index in [1.807, 2.05) is 40.8 Å². The highest BCUT2D eigenvalue weighted by molar-refractivity contribution is 8.12. The summed E-state index contributed by atoms with van der Waals surface area (Å²) < 4.78 is 1.96. The Morgan fingerprint density at radius 2 is 1.81 bits per heavy atom. The minimum absolute atomic E-state index is 0.110. The van der Waals surface area contributed by atoms with Crippen LogP contribution in [0.5, 0.6) is 0 Å². The molecular weight excluding hydrogens is 498 g/mol. The molecule has 1 aliphatic carbocycles. The number of benzene rings is 2. The monoisotopic (exact) mass is 523 g/mol. The van der Waals surface area contributed by atoms with E-state index in [-0.39, 0.29) is 17.9 Å². The van der Waals surface area contributed by atoms with Gasteiger partial charge in [0.05, 0.1) is 6.42 Å². The van der Waals surface area contributed by atoms with Gasteiger partial charge < -0.3 is 10.4 Å². The van der Waals surface area contributed by atoms with Crippen LogP contribution in [0, 0.1) is 0 Å². The number of amides is 2. The fourth-order valence-electron chi connectivity index (χ4n) is 4.19. The highest BCUT2D eigenvalue weighted by Crippen LogP contribution is 2.40. The van der Waals surface area contributed by atoms with Gasteiger partial charge in [0.1, 0.15) is 5.01 Å². The highest BCUT2D eigenvalue weighted by atomic mass is 32.2. The Labute approximate surface area is 216 Å². The molecule has 0 spiro atoms. The van der Waals surface area contributed by atoms with Gasteiger partial charge >= 0.3 is 0 Å². The van der Waals surface area contributed by atoms with E-state index >= 15 is 0 Å². The van der Waals surface area contributed by atoms with Gasteiger partial charge in [-0.3, -0.25) is 14.9 Å². The molecule has 1 aliphatic heterocycles. The summed E-state index contributed by atoms with van der Waals surface area (Å²) in [5.41, 5.74) is 4.47. The predicted octanol–water partition coefficient (Wildman–Crippen LogP) is 2.94. The number of nitrogens with one attached hydrogen (secondary N) is 3. The molecule has 0 saturated heterocycles. The molecule has 2 aromatic carbocycles. The molecule has 1 unspecified atom stereocenters. The van der Waals surface area contributed by atoms with E-state index in [0.29, 0.717) is 22.3 Å². The van der Waals surface area contributed by atoms with Gasteiger partial charge in [-0.1, -0.05) is 72.0 Å². The average Bonchev–Trinajstić information content (AvgIpc) is 3.65. The standard InChI is InChI=1S/C24H25N7O3S2/c32-19(13-15-7-3-1-4-8-15)25-24-29-30-31(36-24)18-12-11-17(14-18)22-27-28-23(35-22)26-21(34)20(33)16-9-5-2-6-10-16/h1-10,17-18,20,30,33H,11-14H2,(H,25,29,32)(H,26,28,34)/t17-,18-,20?/m0/s1. The number of nitrogens with zero attached hydrogens (tertiary/aromatic N) is 4. The molecule has 2 amide bonds. The largest absolute Gasteiger partial charge is 0.378 e. The molecule has 2 aliphatic rings. The lowest BCUT2D eigenvalue weighted by Crippen LogP contribution is -2.34. The van der Waals surface area contributed by atoms with Gasteiger partial charge in [-0.15, -0.1) is 19.7 Å². The molecule has 1 aromatic heterocycles. The number of rotatable bonds is 7. The van der Waals surface area contributed by atoms with E-state index in [0.717, 1.165) is 29.8 Å². The lowest BCUT2D eigenvalue weighted by molar-refractivity contribution is -0.124. The molecule has 3 aromatic rings. The zero-order chi connectivity index (χ0) is 24.9. The van der Waals surface area contributed by atoms with Crippen molar-refractivity contribution in [1.29, 1.82) is 0 Å². The fraction of sp³-hybridized carbons (Fsp3) is 0.292. The first kappa shape index (κ1) is 24.4. The second-order valence-corrected chi connectivity index (χ2v) is 10.5. The van der Waals surface area contributed by atoms with Gasteiger partial charge in [0.15, 0.2) is 6.10 Å². The summed E-state index contributed by atoms with van der Waals surface area (Å²) in [5.74, 6) is -0.442. The number of aliphatic hydroxyl groups is 1. The second kappa shape index (κ2) is 11.2. The lowest BCUT2D eigenvalue weighted by Gasteiger charge is -2.20. The second-order valence-electron chi connectivity index (χ2n) is 8.56. The Hall–Kier alpha value is -3.32. The van der Waals surface area contributed by atoms with Gasteiger partial charge in [0.25, 0.3) is 5.91 Å². The van der Waals surface area contributed by atoms with E-state index in [9.17, 15) is 14.7 Å². The maximum Gasteiger partial charge on any atom is 0.259 e. The molecule has 1 fully saturated rings. The number of hydrogen-bond acceptors (Lipinski definition) is 10. The molecule has 12 heteroatoms. The van der Waals surface area contributed by atoms with E-state index in [2.05, 4.69) is 31.5 Å². The molecule has 1 saturated carbocycles. The fourth-order valence-corrected chi connectivity index (χ4v) is 5.93. The summed E-state index contributed by atoms with van der Waals surface area (Å²) in [6, 6.07) is 18.5. The predicted molar refractivity (Wildman–Crippen MR) is 139 cm³/mol. The van der Waals surface area contributed by atoms with Crippen LogP contribution >= 0.6 is 23.3 Å². The van der Waals surface area contributed by atoms with Gasteiger partial charge in [0.2, 0.25) is 16.2 Å². The number of hydrogen-bond donors (Lipinski definition) is 4. The Morgan fingerprint density at radius 1 is 1.06 bits per heavy atom. The number of aromatic nitrogens is 2. The number of amidine groups is 1. The van der Waals surface area contributed by atoms with Crippen molar-refractivity contribution in [3.8, 4) is 0 Å². The number of hydrazine groups is 1. The zero-order valence-electron chi connectivity index (χ0n) is 19.2. The summed E-state index contributed by atoms with van der Waals surface area (Å²) in [6.45, 7) is 0. The van der Waals surface area contributed by atoms with Crippen LogP contribution in [0.4, 0.5) is 5.13 Å². The summed E-state index contributed by atoms with van der Waals surface area (Å²) in [7, 11) is 0. The molecule has 36 heavy (non-hydrogen) atoms. The number of aliphatic hydroxyl groups excluding tert-OH is 1. The summed E-state index contributed by atoms with van der Waals surface area (Å²) in [6.07, 6.45) is 1.73. The lowest BCUT2D eigenvalue weighted by atomic mass is 10.1. The van der Waals surface area contributed by atoms with Gasteiger partial charge in [-0.2, -0.15) is 0 Å². The van der Waals surface area contributed by atoms with Crippen LogP contribution in [0.15, 0.2) is 65.8 Å². The third-order valence-corrected chi connectivity index (χ3v) is 7.95.